The Morgan fingerprint density at radius 1 is 1.26 bits per heavy atom. The standard InChI is InChI=1S/C15H24N4O2.2ClH/c1-11(12(2)16)15(20)19-8-6-18(7-9-19)14-10-13(21-3)4-5-17-14;;/h4-5,10-12H,6-9,16H2,1-3H3;2*1H. The SMILES string of the molecule is COc1ccnc(N2CCN(C(=O)C(C)C(C)N)CC2)c1.Cl.Cl. The maximum absolute atomic E-state index is 12.3. The number of ether oxygens (including phenoxy) is 1. The third kappa shape index (κ3) is 5.41. The lowest BCUT2D eigenvalue weighted by Crippen LogP contribution is -2.52. The lowest BCUT2D eigenvalue weighted by molar-refractivity contribution is -0.135. The molecular weight excluding hydrogens is 339 g/mol. The first-order chi connectivity index (χ1) is 10.0. The molecule has 1 aromatic rings. The van der Waals surface area contributed by atoms with Gasteiger partial charge in [-0.3, -0.25) is 4.79 Å². The Bertz CT molecular complexity index is 494. The third-order valence-corrected chi connectivity index (χ3v) is 4.05. The van der Waals surface area contributed by atoms with E-state index in [0.29, 0.717) is 13.1 Å². The summed E-state index contributed by atoms with van der Waals surface area (Å²) in [5.41, 5.74) is 5.81. The van der Waals surface area contributed by atoms with Gasteiger partial charge in [0.25, 0.3) is 0 Å². The van der Waals surface area contributed by atoms with Crippen LogP contribution in [0.15, 0.2) is 18.3 Å². The minimum Gasteiger partial charge on any atom is -0.497 e. The van der Waals surface area contributed by atoms with E-state index in [1.54, 1.807) is 13.3 Å². The highest BCUT2D eigenvalue weighted by Gasteiger charge is 2.27. The van der Waals surface area contributed by atoms with Gasteiger partial charge >= 0.3 is 0 Å². The summed E-state index contributed by atoms with van der Waals surface area (Å²) in [6, 6.07) is 3.63. The number of halogens is 2. The zero-order valence-corrected chi connectivity index (χ0v) is 15.4. The van der Waals surface area contributed by atoms with Gasteiger partial charge in [0, 0.05) is 44.5 Å². The van der Waals surface area contributed by atoms with Crippen LogP contribution >= 0.6 is 24.8 Å². The third-order valence-electron chi connectivity index (χ3n) is 4.05. The Kier molecular flexibility index (Phi) is 9.27. The van der Waals surface area contributed by atoms with Crippen LogP contribution in [0.2, 0.25) is 0 Å². The van der Waals surface area contributed by atoms with Gasteiger partial charge in [-0.05, 0) is 13.0 Å². The number of carbonyl (C=O) groups is 1. The molecule has 8 heteroatoms. The van der Waals surface area contributed by atoms with Gasteiger partial charge in [-0.15, -0.1) is 24.8 Å². The first kappa shape index (κ1) is 21.8. The van der Waals surface area contributed by atoms with Gasteiger partial charge in [0.2, 0.25) is 5.91 Å². The zero-order chi connectivity index (χ0) is 15.4. The summed E-state index contributed by atoms with van der Waals surface area (Å²) in [7, 11) is 1.64. The second kappa shape index (κ2) is 9.80. The second-order valence-electron chi connectivity index (χ2n) is 5.51. The van der Waals surface area contributed by atoms with Crippen LogP contribution in [0.3, 0.4) is 0 Å². The average Bonchev–Trinajstić information content (AvgIpc) is 2.53. The van der Waals surface area contributed by atoms with Crippen molar-refractivity contribution in [1.82, 2.24) is 9.88 Å². The Hall–Kier alpha value is -1.24. The molecule has 0 aromatic carbocycles. The number of piperazine rings is 1. The molecule has 1 aliphatic heterocycles. The number of rotatable bonds is 4. The Balaban J connectivity index is 0.00000242. The predicted octanol–water partition coefficient (Wildman–Crippen LogP) is 1.57. The van der Waals surface area contributed by atoms with E-state index in [9.17, 15) is 4.79 Å². The van der Waals surface area contributed by atoms with Gasteiger partial charge in [0.05, 0.1) is 13.0 Å². The van der Waals surface area contributed by atoms with Crippen molar-refractivity contribution < 1.29 is 9.53 Å². The Morgan fingerprint density at radius 3 is 2.39 bits per heavy atom. The van der Waals surface area contributed by atoms with E-state index in [-0.39, 0.29) is 42.7 Å². The van der Waals surface area contributed by atoms with E-state index in [0.717, 1.165) is 24.7 Å². The van der Waals surface area contributed by atoms with Crippen LogP contribution in [0.25, 0.3) is 0 Å². The molecule has 1 saturated heterocycles. The molecule has 2 rings (SSSR count). The molecule has 0 radical (unpaired) electrons. The van der Waals surface area contributed by atoms with Gasteiger partial charge < -0.3 is 20.3 Å². The first-order valence-electron chi connectivity index (χ1n) is 7.32. The largest absolute Gasteiger partial charge is 0.497 e. The lowest BCUT2D eigenvalue weighted by atomic mass is 10.0. The van der Waals surface area contributed by atoms with Gasteiger partial charge in [0.1, 0.15) is 11.6 Å². The molecule has 0 saturated carbocycles. The number of methoxy groups -OCH3 is 1. The second-order valence-corrected chi connectivity index (χ2v) is 5.51. The predicted molar refractivity (Wildman–Crippen MR) is 96.9 cm³/mol. The highest BCUT2D eigenvalue weighted by molar-refractivity contribution is 5.85. The normalized spacial score (nSPS) is 16.7. The molecule has 2 heterocycles. The first-order valence-corrected chi connectivity index (χ1v) is 7.32. The van der Waals surface area contributed by atoms with Crippen molar-refractivity contribution in [2.75, 3.05) is 38.2 Å². The van der Waals surface area contributed by atoms with Crippen molar-refractivity contribution in [1.29, 1.82) is 0 Å². The molecule has 2 unspecified atom stereocenters. The minimum atomic E-state index is -0.133. The van der Waals surface area contributed by atoms with Gasteiger partial charge in [-0.25, -0.2) is 4.98 Å². The summed E-state index contributed by atoms with van der Waals surface area (Å²) in [4.78, 5) is 20.7. The number of hydrogen-bond donors (Lipinski definition) is 1. The number of carbonyl (C=O) groups excluding carboxylic acids is 1. The van der Waals surface area contributed by atoms with Crippen molar-refractivity contribution in [2.24, 2.45) is 11.7 Å². The van der Waals surface area contributed by atoms with Crippen molar-refractivity contribution in [3.05, 3.63) is 18.3 Å². The zero-order valence-electron chi connectivity index (χ0n) is 13.8. The Morgan fingerprint density at radius 2 is 1.87 bits per heavy atom. The molecule has 1 fully saturated rings. The van der Waals surface area contributed by atoms with E-state index >= 15 is 0 Å². The fourth-order valence-corrected chi connectivity index (χ4v) is 2.37. The van der Waals surface area contributed by atoms with Crippen molar-refractivity contribution in [3.63, 3.8) is 0 Å². The van der Waals surface area contributed by atoms with E-state index in [1.165, 1.54) is 0 Å². The van der Waals surface area contributed by atoms with E-state index in [1.807, 2.05) is 30.9 Å². The van der Waals surface area contributed by atoms with Crippen LogP contribution in [0.5, 0.6) is 5.75 Å². The fourth-order valence-electron chi connectivity index (χ4n) is 2.37. The summed E-state index contributed by atoms with van der Waals surface area (Å²) < 4.78 is 5.22. The topological polar surface area (TPSA) is 71.7 Å². The molecule has 1 aromatic heterocycles. The molecular formula is C15H26Cl2N4O2. The lowest BCUT2D eigenvalue weighted by Gasteiger charge is -2.37. The molecule has 2 atom stereocenters. The molecule has 0 spiro atoms. The quantitative estimate of drug-likeness (QED) is 0.877. The number of anilines is 1. The Labute approximate surface area is 150 Å². The molecule has 1 amide bonds. The number of hydrogen-bond acceptors (Lipinski definition) is 5. The van der Waals surface area contributed by atoms with Gasteiger partial charge in [0.15, 0.2) is 0 Å². The number of nitrogens with two attached hydrogens (primary N) is 1. The summed E-state index contributed by atoms with van der Waals surface area (Å²) in [6.07, 6.45) is 1.74. The highest BCUT2D eigenvalue weighted by Crippen LogP contribution is 2.20. The van der Waals surface area contributed by atoms with Crippen LogP contribution in [0.1, 0.15) is 13.8 Å². The molecule has 23 heavy (non-hydrogen) atoms. The highest BCUT2D eigenvalue weighted by atomic mass is 35.5. The van der Waals surface area contributed by atoms with Gasteiger partial charge in [-0.2, -0.15) is 0 Å². The summed E-state index contributed by atoms with van der Waals surface area (Å²) in [5.74, 6) is 1.69. The van der Waals surface area contributed by atoms with E-state index in [2.05, 4.69) is 9.88 Å². The average molecular weight is 365 g/mol. The van der Waals surface area contributed by atoms with Crippen molar-refractivity contribution in [3.8, 4) is 5.75 Å². The van der Waals surface area contributed by atoms with E-state index < -0.39 is 0 Å². The number of pyridine rings is 1. The van der Waals surface area contributed by atoms with Crippen molar-refractivity contribution in [2.45, 2.75) is 19.9 Å². The molecule has 0 bridgehead atoms. The maximum Gasteiger partial charge on any atom is 0.227 e. The molecule has 132 valence electrons. The van der Waals surface area contributed by atoms with Crippen LogP contribution in [-0.4, -0.2) is 55.1 Å². The van der Waals surface area contributed by atoms with E-state index in [4.69, 9.17) is 10.5 Å². The van der Waals surface area contributed by atoms with Crippen LogP contribution in [-0.2, 0) is 4.79 Å². The van der Waals surface area contributed by atoms with Crippen molar-refractivity contribution >= 4 is 36.5 Å². The molecule has 6 nitrogen and oxygen atoms in total. The summed E-state index contributed by atoms with van der Waals surface area (Å²) in [6.45, 7) is 6.72. The van der Waals surface area contributed by atoms with Crippen LogP contribution in [0.4, 0.5) is 5.82 Å². The summed E-state index contributed by atoms with van der Waals surface area (Å²) >= 11 is 0. The maximum atomic E-state index is 12.3. The number of amides is 1. The minimum absolute atomic E-state index is 0. The summed E-state index contributed by atoms with van der Waals surface area (Å²) in [5, 5.41) is 0. The van der Waals surface area contributed by atoms with Gasteiger partial charge in [-0.1, -0.05) is 6.92 Å². The fraction of sp³-hybridized carbons (Fsp3) is 0.600. The van der Waals surface area contributed by atoms with Crippen LogP contribution in [0, 0.1) is 5.92 Å². The molecule has 0 aliphatic carbocycles. The number of aromatic nitrogens is 1. The monoisotopic (exact) mass is 364 g/mol. The smallest absolute Gasteiger partial charge is 0.227 e. The molecule has 1 aliphatic rings. The number of nitrogens with zero attached hydrogens (tertiary/aromatic N) is 3. The van der Waals surface area contributed by atoms with Crippen LogP contribution < -0.4 is 15.4 Å². The molecule has 2 N–H and O–H groups in total.